The van der Waals surface area contributed by atoms with E-state index in [0.717, 1.165) is 38.1 Å². The van der Waals surface area contributed by atoms with Gasteiger partial charge in [-0.1, -0.05) is 27.2 Å². The Labute approximate surface area is 124 Å². The summed E-state index contributed by atoms with van der Waals surface area (Å²) in [7, 11) is 0. The molecule has 0 aromatic rings. The number of nitrogens with zero attached hydrogens (tertiary/aromatic N) is 2. The van der Waals surface area contributed by atoms with Crippen LogP contribution >= 0.6 is 0 Å². The zero-order valence-electron chi connectivity index (χ0n) is 13.5. The van der Waals surface area contributed by atoms with Gasteiger partial charge in [0, 0.05) is 0 Å². The highest BCUT2D eigenvalue weighted by atomic mass is 15.1. The first kappa shape index (κ1) is 15.8. The lowest BCUT2D eigenvalue weighted by atomic mass is 9.75. The largest absolute Gasteiger partial charge is 0.313 e. The van der Waals surface area contributed by atoms with E-state index in [1.165, 1.54) is 25.9 Å². The smallest absolute Gasteiger partial charge is 0.107 e. The summed E-state index contributed by atoms with van der Waals surface area (Å²) in [6.07, 6.45) is 6.90. The summed E-state index contributed by atoms with van der Waals surface area (Å²) in [6.45, 7) is 10.7. The van der Waals surface area contributed by atoms with Gasteiger partial charge in [0.2, 0.25) is 0 Å². The lowest BCUT2D eigenvalue weighted by Gasteiger charge is -2.39. The van der Waals surface area contributed by atoms with Crippen LogP contribution in [-0.4, -0.2) is 30.1 Å². The van der Waals surface area contributed by atoms with Crippen LogP contribution in [0.25, 0.3) is 0 Å². The Hall–Kier alpha value is -0.590. The standard InChI is InChI=1S/C17H31N3/c1-16(2,3)14-6-10-20(11-7-14)12-8-15-5-4-9-17(15,19)13-18/h14-15H,4-12,19H2,1-3H3. The Morgan fingerprint density at radius 1 is 1.25 bits per heavy atom. The molecule has 0 aromatic carbocycles. The molecular formula is C17H31N3. The van der Waals surface area contributed by atoms with Crippen molar-refractivity contribution < 1.29 is 0 Å². The molecule has 1 aliphatic carbocycles. The number of likely N-dealkylation sites (tertiary alicyclic amines) is 1. The predicted octanol–water partition coefficient (Wildman–Crippen LogP) is 3.16. The molecule has 20 heavy (non-hydrogen) atoms. The number of hydrogen-bond acceptors (Lipinski definition) is 3. The van der Waals surface area contributed by atoms with Gasteiger partial charge in [0.15, 0.2) is 0 Å². The van der Waals surface area contributed by atoms with Crippen LogP contribution in [0.2, 0.25) is 0 Å². The molecule has 2 unspecified atom stereocenters. The van der Waals surface area contributed by atoms with Gasteiger partial charge in [0.05, 0.1) is 6.07 Å². The van der Waals surface area contributed by atoms with Crippen molar-refractivity contribution in [3.05, 3.63) is 0 Å². The lowest BCUT2D eigenvalue weighted by Crippen LogP contribution is -2.44. The molecular weight excluding hydrogens is 246 g/mol. The third-order valence-corrected chi connectivity index (χ3v) is 5.69. The fraction of sp³-hybridized carbons (Fsp3) is 0.941. The predicted molar refractivity (Wildman–Crippen MR) is 83.1 cm³/mol. The van der Waals surface area contributed by atoms with Gasteiger partial charge in [-0.25, -0.2) is 0 Å². The van der Waals surface area contributed by atoms with Gasteiger partial charge >= 0.3 is 0 Å². The topological polar surface area (TPSA) is 53.0 Å². The van der Waals surface area contributed by atoms with E-state index in [1.807, 2.05) is 0 Å². The van der Waals surface area contributed by atoms with E-state index in [1.54, 1.807) is 0 Å². The van der Waals surface area contributed by atoms with Crippen molar-refractivity contribution in [2.24, 2.45) is 23.0 Å². The van der Waals surface area contributed by atoms with Crippen LogP contribution < -0.4 is 5.73 Å². The zero-order chi connectivity index (χ0) is 14.8. The van der Waals surface area contributed by atoms with Crippen molar-refractivity contribution >= 4 is 0 Å². The lowest BCUT2D eigenvalue weighted by molar-refractivity contribution is 0.106. The maximum atomic E-state index is 9.27. The highest BCUT2D eigenvalue weighted by Gasteiger charge is 2.39. The van der Waals surface area contributed by atoms with E-state index in [4.69, 9.17) is 5.73 Å². The molecule has 0 radical (unpaired) electrons. The average Bonchev–Trinajstić information content (AvgIpc) is 2.78. The fourth-order valence-electron chi connectivity index (χ4n) is 4.01. The van der Waals surface area contributed by atoms with Crippen LogP contribution in [0.4, 0.5) is 0 Å². The van der Waals surface area contributed by atoms with Gasteiger partial charge in [0.1, 0.15) is 5.54 Å². The second kappa shape index (κ2) is 6.03. The SMILES string of the molecule is CC(C)(C)C1CCN(CCC2CCCC2(N)C#N)CC1. The number of nitriles is 1. The summed E-state index contributed by atoms with van der Waals surface area (Å²) in [5, 5.41) is 9.27. The fourth-order valence-corrected chi connectivity index (χ4v) is 4.01. The summed E-state index contributed by atoms with van der Waals surface area (Å²) in [6, 6.07) is 2.36. The molecule has 2 aliphatic rings. The molecule has 1 heterocycles. The first-order chi connectivity index (χ1) is 9.35. The van der Waals surface area contributed by atoms with Gasteiger partial charge in [-0.3, -0.25) is 0 Å². The van der Waals surface area contributed by atoms with Crippen molar-refractivity contribution in [2.75, 3.05) is 19.6 Å². The van der Waals surface area contributed by atoms with Crippen LogP contribution in [-0.2, 0) is 0 Å². The Bertz CT molecular complexity index is 357. The summed E-state index contributed by atoms with van der Waals surface area (Å²) < 4.78 is 0. The second-order valence-electron chi connectivity index (χ2n) is 8.01. The van der Waals surface area contributed by atoms with Gasteiger partial charge in [-0.15, -0.1) is 0 Å². The Morgan fingerprint density at radius 2 is 1.90 bits per heavy atom. The minimum absolute atomic E-state index is 0.410. The molecule has 0 bridgehead atoms. The molecule has 2 rings (SSSR count). The summed E-state index contributed by atoms with van der Waals surface area (Å²) >= 11 is 0. The zero-order valence-corrected chi connectivity index (χ0v) is 13.5. The number of piperidine rings is 1. The molecule has 2 fully saturated rings. The van der Waals surface area contributed by atoms with Gasteiger partial charge in [-0.2, -0.15) is 5.26 Å². The van der Waals surface area contributed by atoms with E-state index in [2.05, 4.69) is 31.7 Å². The van der Waals surface area contributed by atoms with Crippen molar-refractivity contribution in [3.8, 4) is 6.07 Å². The molecule has 1 saturated heterocycles. The first-order valence-electron chi connectivity index (χ1n) is 8.27. The molecule has 1 aliphatic heterocycles. The van der Waals surface area contributed by atoms with Crippen LogP contribution in [0.3, 0.4) is 0 Å². The van der Waals surface area contributed by atoms with E-state index in [-0.39, 0.29) is 0 Å². The minimum atomic E-state index is -0.538. The normalized spacial score (nSPS) is 33.2. The van der Waals surface area contributed by atoms with E-state index < -0.39 is 5.54 Å². The summed E-state index contributed by atoms with van der Waals surface area (Å²) in [4.78, 5) is 2.58. The summed E-state index contributed by atoms with van der Waals surface area (Å²) in [5.74, 6) is 1.27. The highest BCUT2D eigenvalue weighted by molar-refractivity contribution is 5.12. The molecule has 2 atom stereocenters. The Kier molecular flexibility index (Phi) is 4.76. The van der Waals surface area contributed by atoms with E-state index in [9.17, 15) is 5.26 Å². The molecule has 114 valence electrons. The maximum Gasteiger partial charge on any atom is 0.107 e. The molecule has 2 N–H and O–H groups in total. The number of hydrogen-bond donors (Lipinski definition) is 1. The molecule has 0 spiro atoms. The highest BCUT2D eigenvalue weighted by Crippen LogP contribution is 2.37. The summed E-state index contributed by atoms with van der Waals surface area (Å²) in [5.41, 5.74) is 6.13. The van der Waals surface area contributed by atoms with Crippen LogP contribution in [0.1, 0.15) is 59.3 Å². The van der Waals surface area contributed by atoms with E-state index in [0.29, 0.717) is 11.3 Å². The average molecular weight is 277 g/mol. The maximum absolute atomic E-state index is 9.27. The van der Waals surface area contributed by atoms with Crippen molar-refractivity contribution in [3.63, 3.8) is 0 Å². The number of nitrogens with two attached hydrogens (primary N) is 1. The monoisotopic (exact) mass is 277 g/mol. The Balaban J connectivity index is 1.76. The Morgan fingerprint density at radius 3 is 2.45 bits per heavy atom. The van der Waals surface area contributed by atoms with Crippen LogP contribution in [0, 0.1) is 28.6 Å². The molecule has 3 nitrogen and oxygen atoms in total. The van der Waals surface area contributed by atoms with Crippen molar-refractivity contribution in [2.45, 2.75) is 64.8 Å². The minimum Gasteiger partial charge on any atom is -0.313 e. The first-order valence-corrected chi connectivity index (χ1v) is 8.27. The quantitative estimate of drug-likeness (QED) is 0.862. The third kappa shape index (κ3) is 3.54. The molecule has 3 heteroatoms. The van der Waals surface area contributed by atoms with Crippen LogP contribution in [0.15, 0.2) is 0 Å². The number of rotatable bonds is 3. The third-order valence-electron chi connectivity index (χ3n) is 5.69. The molecule has 0 aromatic heterocycles. The van der Waals surface area contributed by atoms with Crippen molar-refractivity contribution in [1.82, 2.24) is 4.90 Å². The second-order valence-corrected chi connectivity index (χ2v) is 8.01. The van der Waals surface area contributed by atoms with Gasteiger partial charge < -0.3 is 10.6 Å². The van der Waals surface area contributed by atoms with Gasteiger partial charge in [-0.05, 0) is 69.0 Å². The van der Waals surface area contributed by atoms with E-state index >= 15 is 0 Å². The molecule has 0 amide bonds. The van der Waals surface area contributed by atoms with Crippen molar-refractivity contribution in [1.29, 1.82) is 5.26 Å². The molecule has 1 saturated carbocycles. The van der Waals surface area contributed by atoms with Crippen LogP contribution in [0.5, 0.6) is 0 Å². The van der Waals surface area contributed by atoms with Gasteiger partial charge in [0.25, 0.3) is 0 Å².